The first kappa shape index (κ1) is 17.9. The maximum absolute atomic E-state index is 12.5. The highest BCUT2D eigenvalue weighted by Crippen LogP contribution is 2.18. The maximum Gasteiger partial charge on any atom is 0.268 e. The van der Waals surface area contributed by atoms with Crippen LogP contribution in [0.4, 0.5) is 0 Å². The first-order valence-electron chi connectivity index (χ1n) is 7.76. The number of ether oxygens (including phenoxy) is 1. The van der Waals surface area contributed by atoms with Crippen LogP contribution < -0.4 is 5.32 Å². The fourth-order valence-corrected chi connectivity index (χ4v) is 4.13. The van der Waals surface area contributed by atoms with Gasteiger partial charge in [-0.05, 0) is 23.8 Å². The van der Waals surface area contributed by atoms with Gasteiger partial charge in [-0.15, -0.1) is 0 Å². The fourth-order valence-electron chi connectivity index (χ4n) is 2.52. The number of aromatic nitrogens is 1. The number of H-pyrrole nitrogens is 1. The molecule has 3 rings (SSSR count). The van der Waals surface area contributed by atoms with Crippen molar-refractivity contribution >= 4 is 27.5 Å². The second-order valence-corrected chi connectivity index (χ2v) is 7.95. The number of halogens is 1. The lowest BCUT2D eigenvalue weighted by Gasteiger charge is -2.25. The molecule has 0 atom stereocenters. The van der Waals surface area contributed by atoms with Gasteiger partial charge in [-0.2, -0.15) is 4.31 Å². The minimum Gasteiger partial charge on any atom is -0.379 e. The zero-order valence-electron chi connectivity index (χ0n) is 13.4. The average molecular weight is 384 g/mol. The molecule has 1 aromatic carbocycles. The van der Waals surface area contributed by atoms with E-state index in [1.807, 2.05) is 6.07 Å². The van der Waals surface area contributed by atoms with Crippen molar-refractivity contribution in [3.05, 3.63) is 52.8 Å². The van der Waals surface area contributed by atoms with Crippen LogP contribution in [-0.4, -0.2) is 49.9 Å². The Labute approximate surface area is 151 Å². The lowest BCUT2D eigenvalue weighted by atomic mass is 10.2. The molecular formula is C16H18ClN3O4S. The summed E-state index contributed by atoms with van der Waals surface area (Å²) in [4.78, 5) is 15.0. The summed E-state index contributed by atoms with van der Waals surface area (Å²) in [6.45, 7) is 1.66. The average Bonchev–Trinajstić information content (AvgIpc) is 3.11. The second kappa shape index (κ2) is 7.57. The van der Waals surface area contributed by atoms with Gasteiger partial charge in [0.1, 0.15) is 10.6 Å². The quantitative estimate of drug-likeness (QED) is 0.820. The monoisotopic (exact) mass is 383 g/mol. The van der Waals surface area contributed by atoms with Crippen LogP contribution in [0.2, 0.25) is 5.02 Å². The van der Waals surface area contributed by atoms with Crippen LogP contribution in [0.3, 0.4) is 0 Å². The molecule has 134 valence electrons. The number of morpholine rings is 1. The van der Waals surface area contributed by atoms with Crippen molar-refractivity contribution in [2.24, 2.45) is 0 Å². The van der Waals surface area contributed by atoms with Crippen LogP contribution in [0, 0.1) is 0 Å². The Balaban J connectivity index is 1.67. The van der Waals surface area contributed by atoms with Crippen molar-refractivity contribution in [3.8, 4) is 0 Å². The minimum absolute atomic E-state index is 0.0716. The van der Waals surface area contributed by atoms with Crippen molar-refractivity contribution in [1.29, 1.82) is 0 Å². The molecule has 1 aliphatic heterocycles. The lowest BCUT2D eigenvalue weighted by molar-refractivity contribution is 0.0730. The largest absolute Gasteiger partial charge is 0.379 e. The standard InChI is InChI=1S/C16H18ClN3O4S/c17-13-3-1-2-12(8-13)10-19-16(21)15-9-14(11-18-15)25(22,23)20-4-6-24-7-5-20/h1-3,8-9,11,18H,4-7,10H2,(H,19,21). The van der Waals surface area contributed by atoms with Gasteiger partial charge in [0.25, 0.3) is 5.91 Å². The van der Waals surface area contributed by atoms with E-state index in [0.717, 1.165) is 5.56 Å². The van der Waals surface area contributed by atoms with Crippen molar-refractivity contribution in [2.45, 2.75) is 11.4 Å². The number of hydrogen-bond donors (Lipinski definition) is 2. The van der Waals surface area contributed by atoms with E-state index in [4.69, 9.17) is 16.3 Å². The number of amides is 1. The lowest BCUT2D eigenvalue weighted by Crippen LogP contribution is -2.40. The van der Waals surface area contributed by atoms with Crippen LogP contribution in [-0.2, 0) is 21.3 Å². The molecule has 0 spiro atoms. The third-order valence-corrected chi connectivity index (χ3v) is 5.96. The van der Waals surface area contributed by atoms with Crippen molar-refractivity contribution in [1.82, 2.24) is 14.6 Å². The van der Waals surface area contributed by atoms with E-state index < -0.39 is 10.0 Å². The summed E-state index contributed by atoms with van der Waals surface area (Å²) in [6.07, 6.45) is 1.33. The molecule has 25 heavy (non-hydrogen) atoms. The number of aromatic amines is 1. The zero-order chi connectivity index (χ0) is 17.9. The Bertz CT molecular complexity index is 860. The predicted octanol–water partition coefficient (Wildman–Crippen LogP) is 1.62. The molecule has 0 aliphatic carbocycles. The summed E-state index contributed by atoms with van der Waals surface area (Å²) < 4.78 is 31.6. The highest BCUT2D eigenvalue weighted by molar-refractivity contribution is 7.89. The molecule has 7 nitrogen and oxygen atoms in total. The number of benzene rings is 1. The molecule has 2 N–H and O–H groups in total. The van der Waals surface area contributed by atoms with Crippen molar-refractivity contribution in [3.63, 3.8) is 0 Å². The summed E-state index contributed by atoms with van der Waals surface area (Å²) in [7, 11) is -3.62. The van der Waals surface area contributed by atoms with E-state index in [1.54, 1.807) is 18.2 Å². The van der Waals surface area contributed by atoms with Crippen LogP contribution in [0.1, 0.15) is 16.1 Å². The molecule has 1 aromatic heterocycles. The summed E-state index contributed by atoms with van der Waals surface area (Å²) in [5.41, 5.74) is 1.04. The predicted molar refractivity (Wildman–Crippen MR) is 93.0 cm³/mol. The van der Waals surface area contributed by atoms with Crippen LogP contribution >= 0.6 is 11.6 Å². The molecule has 0 unspecified atom stereocenters. The number of rotatable bonds is 5. The smallest absolute Gasteiger partial charge is 0.268 e. The van der Waals surface area contributed by atoms with Gasteiger partial charge in [0.2, 0.25) is 10.0 Å². The highest BCUT2D eigenvalue weighted by atomic mass is 35.5. The number of carbonyl (C=O) groups excluding carboxylic acids is 1. The Hall–Kier alpha value is -1.87. The molecule has 0 radical (unpaired) electrons. The normalized spacial score (nSPS) is 15.9. The van der Waals surface area contributed by atoms with E-state index in [2.05, 4.69) is 10.3 Å². The Morgan fingerprint density at radius 2 is 2.04 bits per heavy atom. The van der Waals surface area contributed by atoms with Gasteiger partial charge in [-0.3, -0.25) is 4.79 Å². The molecule has 9 heteroatoms. The SMILES string of the molecule is O=C(NCc1cccc(Cl)c1)c1cc(S(=O)(=O)N2CCOCC2)c[nH]1. The third-order valence-electron chi connectivity index (χ3n) is 3.85. The van der Waals surface area contributed by atoms with E-state index in [-0.39, 0.29) is 16.5 Å². The van der Waals surface area contributed by atoms with E-state index in [1.165, 1.54) is 16.6 Å². The Morgan fingerprint density at radius 1 is 1.28 bits per heavy atom. The first-order chi connectivity index (χ1) is 12.0. The Kier molecular flexibility index (Phi) is 5.43. The molecular weight excluding hydrogens is 366 g/mol. The number of hydrogen-bond acceptors (Lipinski definition) is 4. The maximum atomic E-state index is 12.5. The van der Waals surface area contributed by atoms with Crippen LogP contribution in [0.25, 0.3) is 0 Å². The second-order valence-electron chi connectivity index (χ2n) is 5.58. The van der Waals surface area contributed by atoms with Crippen LogP contribution in [0.5, 0.6) is 0 Å². The molecule has 1 fully saturated rings. The first-order valence-corrected chi connectivity index (χ1v) is 9.57. The fraction of sp³-hybridized carbons (Fsp3) is 0.312. The molecule has 2 aromatic rings. The summed E-state index contributed by atoms with van der Waals surface area (Å²) in [5.74, 6) is -0.386. The zero-order valence-corrected chi connectivity index (χ0v) is 14.9. The van der Waals surface area contributed by atoms with Gasteiger partial charge in [0, 0.05) is 30.9 Å². The number of nitrogens with zero attached hydrogens (tertiary/aromatic N) is 1. The minimum atomic E-state index is -3.62. The molecule has 1 aliphatic rings. The van der Waals surface area contributed by atoms with Crippen molar-refractivity contribution in [2.75, 3.05) is 26.3 Å². The molecule has 2 heterocycles. The Morgan fingerprint density at radius 3 is 2.76 bits per heavy atom. The van der Waals surface area contributed by atoms with Crippen LogP contribution in [0.15, 0.2) is 41.4 Å². The van der Waals surface area contributed by atoms with Gasteiger partial charge < -0.3 is 15.0 Å². The van der Waals surface area contributed by atoms with Gasteiger partial charge in [0.05, 0.1) is 13.2 Å². The van der Waals surface area contributed by atoms with Gasteiger partial charge in [-0.25, -0.2) is 8.42 Å². The van der Waals surface area contributed by atoms with Gasteiger partial charge in [0.15, 0.2) is 0 Å². The number of nitrogens with one attached hydrogen (secondary N) is 2. The molecule has 0 saturated carbocycles. The third kappa shape index (κ3) is 4.21. The van der Waals surface area contributed by atoms with Crippen molar-refractivity contribution < 1.29 is 17.9 Å². The van der Waals surface area contributed by atoms with E-state index in [0.29, 0.717) is 37.9 Å². The summed E-state index contributed by atoms with van der Waals surface area (Å²) in [6, 6.07) is 8.49. The summed E-state index contributed by atoms with van der Waals surface area (Å²) >= 11 is 5.91. The topological polar surface area (TPSA) is 91.5 Å². The molecule has 0 bridgehead atoms. The number of sulfonamides is 1. The van der Waals surface area contributed by atoms with Gasteiger partial charge in [-0.1, -0.05) is 23.7 Å². The number of carbonyl (C=O) groups is 1. The van der Waals surface area contributed by atoms with E-state index >= 15 is 0 Å². The highest BCUT2D eigenvalue weighted by Gasteiger charge is 2.27. The molecule has 1 saturated heterocycles. The van der Waals surface area contributed by atoms with E-state index in [9.17, 15) is 13.2 Å². The molecule has 1 amide bonds. The van der Waals surface area contributed by atoms with Gasteiger partial charge >= 0.3 is 0 Å². The summed E-state index contributed by atoms with van der Waals surface area (Å²) in [5, 5.41) is 3.32.